The van der Waals surface area contributed by atoms with Gasteiger partial charge in [0.1, 0.15) is 0 Å². The van der Waals surface area contributed by atoms with E-state index in [2.05, 4.69) is 53.7 Å². The lowest BCUT2D eigenvalue weighted by Gasteiger charge is -2.26. The molecule has 0 fully saturated rings. The lowest BCUT2D eigenvalue weighted by atomic mass is 9.82. The van der Waals surface area contributed by atoms with Gasteiger partial charge in [0.2, 0.25) is 0 Å². The summed E-state index contributed by atoms with van der Waals surface area (Å²) in [6, 6.07) is 14.2. The molecule has 2 nitrogen and oxygen atoms in total. The summed E-state index contributed by atoms with van der Waals surface area (Å²) in [5, 5.41) is 12.9. The lowest BCUT2D eigenvalue weighted by Crippen LogP contribution is -2.17. The minimum absolute atomic E-state index is 0.216. The molecular formula is C24H33NO. The van der Waals surface area contributed by atoms with Crippen LogP contribution in [0.2, 0.25) is 0 Å². The van der Waals surface area contributed by atoms with E-state index in [4.69, 9.17) is 0 Å². The zero-order valence-corrected chi connectivity index (χ0v) is 17.3. The zero-order valence-electron chi connectivity index (χ0n) is 17.3. The van der Waals surface area contributed by atoms with Crippen LogP contribution in [-0.4, -0.2) is 11.0 Å². The second-order valence-electron chi connectivity index (χ2n) is 8.15. The molecule has 0 aromatic heterocycles. The van der Waals surface area contributed by atoms with Gasteiger partial charge in [0, 0.05) is 18.1 Å². The maximum Gasteiger partial charge on any atom is 0.186 e. The number of hydrogen-bond acceptors (Lipinski definition) is 1. The monoisotopic (exact) mass is 351 g/mol. The highest BCUT2D eigenvalue weighted by molar-refractivity contribution is 5.75. The summed E-state index contributed by atoms with van der Waals surface area (Å²) in [6.07, 6.45) is 1.70. The average Bonchev–Trinajstić information content (AvgIpc) is 2.60. The Morgan fingerprint density at radius 1 is 0.769 bits per heavy atom. The zero-order chi connectivity index (χ0) is 19.4. The Kier molecular flexibility index (Phi) is 6.63. The van der Waals surface area contributed by atoms with Gasteiger partial charge in [-0.2, -0.15) is 0 Å². The predicted molar refractivity (Wildman–Crippen MR) is 112 cm³/mol. The molecule has 0 amide bonds. The first-order chi connectivity index (χ1) is 12.2. The van der Waals surface area contributed by atoms with Crippen molar-refractivity contribution < 1.29 is 4.74 Å². The quantitative estimate of drug-likeness (QED) is 0.245. The molecule has 1 unspecified atom stereocenters. The van der Waals surface area contributed by atoms with Gasteiger partial charge < -0.3 is 5.21 Å². The Labute approximate surface area is 159 Å². The van der Waals surface area contributed by atoms with E-state index >= 15 is 0 Å². The van der Waals surface area contributed by atoms with E-state index in [0.29, 0.717) is 17.8 Å². The van der Waals surface area contributed by atoms with E-state index in [9.17, 15) is 5.21 Å². The van der Waals surface area contributed by atoms with Crippen molar-refractivity contribution in [1.82, 2.24) is 0 Å². The molecule has 0 heterocycles. The van der Waals surface area contributed by atoms with Crippen LogP contribution in [0.25, 0.3) is 0 Å². The molecular weight excluding hydrogens is 318 g/mol. The Morgan fingerprint density at radius 2 is 1.27 bits per heavy atom. The maximum absolute atomic E-state index is 12.9. The number of nitrogens with zero attached hydrogens (tertiary/aromatic N) is 1. The van der Waals surface area contributed by atoms with Crippen LogP contribution in [0.3, 0.4) is 0 Å². The minimum Gasteiger partial charge on any atom is -0.623 e. The SMILES string of the molecule is CC(C)c1cc(C(C)C)c(C(C)/[N+]([O-])=C/c2ccccc2)c(C(C)C)c1. The summed E-state index contributed by atoms with van der Waals surface area (Å²) >= 11 is 0. The lowest BCUT2D eigenvalue weighted by molar-refractivity contribution is -0.498. The highest BCUT2D eigenvalue weighted by Gasteiger charge is 2.25. The third-order valence-corrected chi connectivity index (χ3v) is 5.05. The second kappa shape index (κ2) is 8.53. The smallest absolute Gasteiger partial charge is 0.186 e. The predicted octanol–water partition coefficient (Wildman–Crippen LogP) is 6.75. The maximum atomic E-state index is 12.9. The molecule has 2 aromatic carbocycles. The fraction of sp³-hybridized carbons (Fsp3) is 0.458. The van der Waals surface area contributed by atoms with E-state index < -0.39 is 0 Å². The summed E-state index contributed by atoms with van der Waals surface area (Å²) < 4.78 is 1.11. The number of hydroxylamine groups is 1. The van der Waals surface area contributed by atoms with Crippen molar-refractivity contribution in [3.05, 3.63) is 75.5 Å². The Morgan fingerprint density at radius 3 is 1.69 bits per heavy atom. The van der Waals surface area contributed by atoms with Crippen molar-refractivity contribution in [3.8, 4) is 0 Å². The molecule has 1 atom stereocenters. The molecule has 2 heteroatoms. The van der Waals surface area contributed by atoms with Crippen molar-refractivity contribution in [1.29, 1.82) is 0 Å². The van der Waals surface area contributed by atoms with Gasteiger partial charge in [-0.25, -0.2) is 4.74 Å². The molecule has 0 saturated heterocycles. The molecule has 140 valence electrons. The third-order valence-electron chi connectivity index (χ3n) is 5.05. The topological polar surface area (TPSA) is 26.1 Å². The molecule has 0 aliphatic heterocycles. The molecule has 0 saturated carbocycles. The fourth-order valence-corrected chi connectivity index (χ4v) is 3.42. The Balaban J connectivity index is 2.60. The average molecular weight is 352 g/mol. The molecule has 0 N–H and O–H groups in total. The van der Waals surface area contributed by atoms with Gasteiger partial charge in [-0.3, -0.25) is 0 Å². The van der Waals surface area contributed by atoms with E-state index in [-0.39, 0.29) is 6.04 Å². The highest BCUT2D eigenvalue weighted by atomic mass is 16.5. The number of hydrogen-bond donors (Lipinski definition) is 0. The van der Waals surface area contributed by atoms with Gasteiger partial charge >= 0.3 is 0 Å². The normalized spacial score (nSPS) is 13.7. The van der Waals surface area contributed by atoms with Crippen molar-refractivity contribution >= 4 is 6.21 Å². The van der Waals surface area contributed by atoms with Gasteiger partial charge in [0.15, 0.2) is 12.3 Å². The van der Waals surface area contributed by atoms with Gasteiger partial charge in [-0.15, -0.1) is 0 Å². The van der Waals surface area contributed by atoms with Crippen LogP contribution in [-0.2, 0) is 0 Å². The highest BCUT2D eigenvalue weighted by Crippen LogP contribution is 2.36. The van der Waals surface area contributed by atoms with Crippen molar-refractivity contribution in [3.63, 3.8) is 0 Å². The van der Waals surface area contributed by atoms with Crippen molar-refractivity contribution in [2.75, 3.05) is 0 Å². The summed E-state index contributed by atoms with van der Waals surface area (Å²) in [4.78, 5) is 0. The van der Waals surface area contributed by atoms with Crippen LogP contribution in [0.1, 0.15) is 100 Å². The molecule has 0 aliphatic rings. The van der Waals surface area contributed by atoms with Gasteiger partial charge in [0.25, 0.3) is 0 Å². The largest absolute Gasteiger partial charge is 0.623 e. The van der Waals surface area contributed by atoms with Gasteiger partial charge in [0.05, 0.1) is 0 Å². The summed E-state index contributed by atoms with van der Waals surface area (Å²) in [7, 11) is 0. The molecule has 2 rings (SSSR count). The Hall–Kier alpha value is -2.09. The van der Waals surface area contributed by atoms with Crippen LogP contribution >= 0.6 is 0 Å². The molecule has 2 aromatic rings. The molecule has 0 radical (unpaired) electrons. The van der Waals surface area contributed by atoms with Crippen LogP contribution in [0.5, 0.6) is 0 Å². The van der Waals surface area contributed by atoms with Crippen molar-refractivity contribution in [2.45, 2.75) is 72.3 Å². The Bertz CT molecular complexity index is 728. The number of benzene rings is 2. The first-order valence-electron chi connectivity index (χ1n) is 9.75. The molecule has 0 bridgehead atoms. The fourth-order valence-electron chi connectivity index (χ4n) is 3.42. The second-order valence-corrected chi connectivity index (χ2v) is 8.15. The van der Waals surface area contributed by atoms with Gasteiger partial charge in [-0.1, -0.05) is 71.9 Å². The summed E-state index contributed by atoms with van der Waals surface area (Å²) in [5.74, 6) is 1.25. The van der Waals surface area contributed by atoms with E-state index in [1.165, 1.54) is 22.3 Å². The van der Waals surface area contributed by atoms with Crippen LogP contribution in [0, 0.1) is 5.21 Å². The van der Waals surface area contributed by atoms with Crippen LogP contribution in [0.15, 0.2) is 42.5 Å². The standard InChI is InChI=1S/C24H33NO/c1-16(2)21-13-22(17(3)4)24(23(14-21)18(5)6)19(7)25(26)15-20-11-9-8-10-12-20/h8-19H,1-7H3/b25-15-. The first kappa shape index (κ1) is 20.2. The van der Waals surface area contributed by atoms with Crippen molar-refractivity contribution in [2.24, 2.45) is 0 Å². The molecule has 0 spiro atoms. The third kappa shape index (κ3) is 4.55. The van der Waals surface area contributed by atoms with Crippen LogP contribution < -0.4 is 0 Å². The molecule has 26 heavy (non-hydrogen) atoms. The van der Waals surface area contributed by atoms with E-state index in [1.807, 2.05) is 37.3 Å². The number of rotatable bonds is 6. The first-order valence-corrected chi connectivity index (χ1v) is 9.75. The van der Waals surface area contributed by atoms with Crippen LogP contribution in [0.4, 0.5) is 0 Å². The van der Waals surface area contributed by atoms with Gasteiger partial charge in [-0.05, 0) is 46.6 Å². The summed E-state index contributed by atoms with van der Waals surface area (Å²) in [6.45, 7) is 15.4. The van der Waals surface area contributed by atoms with E-state index in [0.717, 1.165) is 10.3 Å². The minimum atomic E-state index is -0.216. The molecule has 0 aliphatic carbocycles. The summed E-state index contributed by atoms with van der Waals surface area (Å²) in [5.41, 5.74) is 6.09. The van der Waals surface area contributed by atoms with E-state index in [1.54, 1.807) is 6.21 Å².